The summed E-state index contributed by atoms with van der Waals surface area (Å²) in [5, 5.41) is 12.9. The molecule has 1 aromatic heterocycles. The summed E-state index contributed by atoms with van der Waals surface area (Å²) >= 11 is 1.55. The smallest absolute Gasteiger partial charge is 0.210 e. The topological polar surface area (TPSA) is 69.6 Å². The fourth-order valence-corrected chi connectivity index (χ4v) is 3.72. The van der Waals surface area contributed by atoms with Gasteiger partial charge < -0.3 is 5.73 Å². The third-order valence-electron chi connectivity index (χ3n) is 3.84. The van der Waals surface area contributed by atoms with Crippen LogP contribution in [0, 0.1) is 5.82 Å². The molecule has 2 aromatic rings. The van der Waals surface area contributed by atoms with E-state index in [2.05, 4.69) is 15.5 Å². The number of nitrogens with zero attached hydrogens (tertiary/aromatic N) is 4. The first-order valence-electron chi connectivity index (χ1n) is 7.18. The van der Waals surface area contributed by atoms with E-state index < -0.39 is 0 Å². The molecule has 0 radical (unpaired) electrons. The van der Waals surface area contributed by atoms with Crippen molar-refractivity contribution in [2.24, 2.45) is 5.73 Å². The number of thioether (sulfide) groups is 1. The van der Waals surface area contributed by atoms with Crippen molar-refractivity contribution in [3.63, 3.8) is 0 Å². The monoisotopic (exact) mass is 307 g/mol. The van der Waals surface area contributed by atoms with Crippen molar-refractivity contribution in [1.82, 2.24) is 20.2 Å². The summed E-state index contributed by atoms with van der Waals surface area (Å²) in [6, 6.07) is 6.85. The highest BCUT2D eigenvalue weighted by Gasteiger charge is 2.23. The lowest BCUT2D eigenvalue weighted by atomic mass is 10.1. The van der Waals surface area contributed by atoms with E-state index in [9.17, 15) is 4.39 Å². The molecule has 1 saturated carbocycles. The average molecular weight is 307 g/mol. The van der Waals surface area contributed by atoms with Gasteiger partial charge in [-0.2, -0.15) is 0 Å². The Balaban J connectivity index is 1.78. The molecular formula is C14H18FN5S. The van der Waals surface area contributed by atoms with Gasteiger partial charge in [0.25, 0.3) is 0 Å². The van der Waals surface area contributed by atoms with Gasteiger partial charge in [0.15, 0.2) is 0 Å². The Labute approximate surface area is 127 Å². The molecule has 112 valence electrons. The standard InChI is InChI=1S/C14H18FN5S/c15-11-7-5-10(6-8-11)13(9-16)21-14-17-18-19-20(14)12-3-1-2-4-12/h5-8,12-13H,1-4,9,16H2. The average Bonchev–Trinajstić information content (AvgIpc) is 3.16. The Morgan fingerprint density at radius 3 is 2.67 bits per heavy atom. The van der Waals surface area contributed by atoms with Crippen molar-refractivity contribution >= 4 is 11.8 Å². The zero-order chi connectivity index (χ0) is 14.7. The van der Waals surface area contributed by atoms with Crippen LogP contribution in [0.2, 0.25) is 0 Å². The van der Waals surface area contributed by atoms with E-state index in [4.69, 9.17) is 5.73 Å². The van der Waals surface area contributed by atoms with Gasteiger partial charge in [-0.1, -0.05) is 36.7 Å². The van der Waals surface area contributed by atoms with Gasteiger partial charge in [-0.3, -0.25) is 0 Å². The predicted molar refractivity (Wildman–Crippen MR) is 79.4 cm³/mol. The molecule has 1 unspecified atom stereocenters. The van der Waals surface area contributed by atoms with Crippen LogP contribution in [0.3, 0.4) is 0 Å². The van der Waals surface area contributed by atoms with Crippen LogP contribution in [0.1, 0.15) is 42.5 Å². The number of benzene rings is 1. The molecule has 7 heteroatoms. The Morgan fingerprint density at radius 1 is 1.29 bits per heavy atom. The molecule has 1 heterocycles. The minimum atomic E-state index is -0.240. The Kier molecular flexibility index (Phi) is 4.50. The van der Waals surface area contributed by atoms with Crippen molar-refractivity contribution in [2.75, 3.05) is 6.54 Å². The number of hydrogen-bond acceptors (Lipinski definition) is 5. The van der Waals surface area contributed by atoms with Crippen molar-refractivity contribution in [3.05, 3.63) is 35.6 Å². The van der Waals surface area contributed by atoms with E-state index in [1.54, 1.807) is 23.9 Å². The van der Waals surface area contributed by atoms with Gasteiger partial charge in [0.1, 0.15) is 5.82 Å². The molecule has 0 amide bonds. The fourth-order valence-electron chi connectivity index (χ4n) is 2.70. The maximum absolute atomic E-state index is 13.0. The van der Waals surface area contributed by atoms with E-state index in [0.717, 1.165) is 23.6 Å². The normalized spacial score (nSPS) is 17.2. The van der Waals surface area contributed by atoms with E-state index in [0.29, 0.717) is 12.6 Å². The second-order valence-electron chi connectivity index (χ2n) is 5.24. The molecule has 0 bridgehead atoms. The lowest BCUT2D eigenvalue weighted by molar-refractivity contribution is 0.422. The lowest BCUT2D eigenvalue weighted by Gasteiger charge is -2.16. The van der Waals surface area contributed by atoms with Crippen LogP contribution in [0.4, 0.5) is 4.39 Å². The van der Waals surface area contributed by atoms with Gasteiger partial charge >= 0.3 is 0 Å². The SMILES string of the molecule is NCC(Sc1nnnn1C1CCCC1)c1ccc(F)cc1. The second kappa shape index (κ2) is 6.53. The predicted octanol–water partition coefficient (Wildman–Crippen LogP) is 2.72. The summed E-state index contributed by atoms with van der Waals surface area (Å²) in [4.78, 5) is 0. The summed E-state index contributed by atoms with van der Waals surface area (Å²) < 4.78 is 14.9. The summed E-state index contributed by atoms with van der Waals surface area (Å²) in [6.07, 6.45) is 4.71. The molecule has 1 atom stereocenters. The van der Waals surface area contributed by atoms with Gasteiger partial charge in [-0.05, 0) is 41.0 Å². The first-order valence-corrected chi connectivity index (χ1v) is 8.06. The maximum atomic E-state index is 13.0. The van der Waals surface area contributed by atoms with Crippen molar-refractivity contribution in [1.29, 1.82) is 0 Å². The second-order valence-corrected chi connectivity index (χ2v) is 6.41. The zero-order valence-corrected chi connectivity index (χ0v) is 12.5. The number of tetrazole rings is 1. The highest BCUT2D eigenvalue weighted by molar-refractivity contribution is 7.99. The third kappa shape index (κ3) is 3.24. The molecule has 1 aliphatic carbocycles. The quantitative estimate of drug-likeness (QED) is 0.860. The Morgan fingerprint density at radius 2 is 2.00 bits per heavy atom. The van der Waals surface area contributed by atoms with E-state index in [1.807, 2.05) is 4.68 Å². The summed E-state index contributed by atoms with van der Waals surface area (Å²) in [5.41, 5.74) is 6.86. The van der Waals surface area contributed by atoms with E-state index >= 15 is 0 Å². The van der Waals surface area contributed by atoms with Crippen LogP contribution in [0.5, 0.6) is 0 Å². The minimum absolute atomic E-state index is 0.0248. The van der Waals surface area contributed by atoms with Crippen LogP contribution >= 0.6 is 11.8 Å². The largest absolute Gasteiger partial charge is 0.329 e. The lowest BCUT2D eigenvalue weighted by Crippen LogP contribution is -2.13. The molecule has 1 fully saturated rings. The number of hydrogen-bond donors (Lipinski definition) is 1. The molecule has 1 aromatic carbocycles. The number of rotatable bonds is 5. The van der Waals surface area contributed by atoms with Gasteiger partial charge in [-0.25, -0.2) is 9.07 Å². The van der Waals surface area contributed by atoms with Crippen molar-refractivity contribution in [2.45, 2.75) is 42.1 Å². The van der Waals surface area contributed by atoms with Crippen LogP contribution in [0.15, 0.2) is 29.4 Å². The van der Waals surface area contributed by atoms with Gasteiger partial charge in [-0.15, -0.1) is 5.10 Å². The van der Waals surface area contributed by atoms with Crippen molar-refractivity contribution < 1.29 is 4.39 Å². The van der Waals surface area contributed by atoms with Crippen LogP contribution in [0.25, 0.3) is 0 Å². The minimum Gasteiger partial charge on any atom is -0.329 e. The summed E-state index contributed by atoms with van der Waals surface area (Å²) in [7, 11) is 0. The summed E-state index contributed by atoms with van der Waals surface area (Å²) in [6.45, 7) is 0.452. The maximum Gasteiger partial charge on any atom is 0.210 e. The van der Waals surface area contributed by atoms with E-state index in [1.165, 1.54) is 25.0 Å². The van der Waals surface area contributed by atoms with Gasteiger partial charge in [0.05, 0.1) is 6.04 Å². The molecule has 0 saturated heterocycles. The first kappa shape index (κ1) is 14.5. The summed E-state index contributed by atoms with van der Waals surface area (Å²) in [5.74, 6) is -0.240. The van der Waals surface area contributed by atoms with Crippen LogP contribution < -0.4 is 5.73 Å². The number of halogens is 1. The Hall–Kier alpha value is -1.47. The van der Waals surface area contributed by atoms with Crippen LogP contribution in [-0.2, 0) is 0 Å². The zero-order valence-electron chi connectivity index (χ0n) is 11.7. The molecule has 5 nitrogen and oxygen atoms in total. The fraction of sp³-hybridized carbons (Fsp3) is 0.500. The molecule has 2 N–H and O–H groups in total. The molecule has 0 aliphatic heterocycles. The molecule has 1 aliphatic rings. The molecule has 0 spiro atoms. The first-order chi connectivity index (χ1) is 10.3. The van der Waals surface area contributed by atoms with Gasteiger partial charge in [0.2, 0.25) is 5.16 Å². The molecular weight excluding hydrogens is 289 g/mol. The third-order valence-corrected chi connectivity index (χ3v) is 5.07. The van der Waals surface area contributed by atoms with Gasteiger partial charge in [0, 0.05) is 11.8 Å². The molecule has 21 heavy (non-hydrogen) atoms. The number of nitrogens with two attached hydrogens (primary N) is 1. The Bertz CT molecular complexity index is 579. The van der Waals surface area contributed by atoms with E-state index in [-0.39, 0.29) is 11.1 Å². The van der Waals surface area contributed by atoms with Crippen LogP contribution in [-0.4, -0.2) is 26.8 Å². The molecule has 3 rings (SSSR count). The highest BCUT2D eigenvalue weighted by atomic mass is 32.2. The van der Waals surface area contributed by atoms with Crippen molar-refractivity contribution in [3.8, 4) is 0 Å². The number of aromatic nitrogens is 4. The highest BCUT2D eigenvalue weighted by Crippen LogP contribution is 2.37.